The van der Waals surface area contributed by atoms with Crippen LogP contribution in [-0.4, -0.2) is 0 Å². The molecule has 0 saturated carbocycles. The van der Waals surface area contributed by atoms with Crippen LogP contribution in [0.25, 0.3) is 88.7 Å². The summed E-state index contributed by atoms with van der Waals surface area (Å²) >= 11 is 0. The van der Waals surface area contributed by atoms with Crippen molar-refractivity contribution in [1.82, 2.24) is 0 Å². The lowest BCUT2D eigenvalue weighted by Gasteiger charge is -2.26. The van der Waals surface area contributed by atoms with E-state index >= 15 is 0 Å². The quantitative estimate of drug-likeness (QED) is 0.145. The number of anilines is 3. The van der Waals surface area contributed by atoms with Crippen molar-refractivity contribution in [2.24, 2.45) is 0 Å². The number of fused-ring (bicyclic) bond motifs is 3. The van der Waals surface area contributed by atoms with Crippen molar-refractivity contribution in [3.05, 3.63) is 249 Å². The van der Waals surface area contributed by atoms with Crippen LogP contribution in [0.4, 0.5) is 17.1 Å². The molecule has 62 heavy (non-hydrogen) atoms. The maximum absolute atomic E-state index is 6.42. The lowest BCUT2D eigenvalue weighted by Crippen LogP contribution is -2.09. The number of furan rings is 1. The summed E-state index contributed by atoms with van der Waals surface area (Å²) in [4.78, 5) is 2.35. The van der Waals surface area contributed by atoms with Crippen LogP contribution in [-0.2, 0) is 0 Å². The minimum absolute atomic E-state index is 0.907. The molecule has 0 aliphatic carbocycles. The summed E-state index contributed by atoms with van der Waals surface area (Å²) < 4.78 is 6.42. The monoisotopic (exact) mass is 791 g/mol. The number of para-hydroxylation sites is 2. The van der Waals surface area contributed by atoms with Crippen molar-refractivity contribution in [2.45, 2.75) is 0 Å². The van der Waals surface area contributed by atoms with Gasteiger partial charge in [0, 0.05) is 33.4 Å². The van der Waals surface area contributed by atoms with Gasteiger partial charge in [-0.2, -0.15) is 0 Å². The standard InChI is InChI=1S/C60H41NO/c1-3-15-43(16-4-1)52-21-7-9-23-54(52)45-31-37-50(38-32-45)61(51-39-33-46(34-40-51)55-24-10-8-22-53(55)44-17-5-2-6-18-44)49-35-29-42(30-36-49)47-19-13-20-48(41-47)56-26-14-27-58-57-25-11-12-28-59(57)62-60(56)58/h1-41H. The molecule has 0 bridgehead atoms. The van der Waals surface area contributed by atoms with Gasteiger partial charge in [-0.15, -0.1) is 0 Å². The van der Waals surface area contributed by atoms with Gasteiger partial charge in [0.05, 0.1) is 0 Å². The Morgan fingerprint density at radius 1 is 0.242 bits per heavy atom. The van der Waals surface area contributed by atoms with Gasteiger partial charge in [-0.25, -0.2) is 0 Å². The summed E-state index contributed by atoms with van der Waals surface area (Å²) in [5.41, 5.74) is 19.2. The highest BCUT2D eigenvalue weighted by atomic mass is 16.3. The summed E-state index contributed by atoms with van der Waals surface area (Å²) in [6.45, 7) is 0. The first-order valence-corrected chi connectivity index (χ1v) is 21.2. The van der Waals surface area contributed by atoms with Gasteiger partial charge in [-0.3, -0.25) is 0 Å². The Bertz CT molecular complexity index is 3180. The smallest absolute Gasteiger partial charge is 0.143 e. The average molecular weight is 792 g/mol. The van der Waals surface area contributed by atoms with E-state index in [0.29, 0.717) is 0 Å². The topological polar surface area (TPSA) is 16.4 Å². The third-order valence-electron chi connectivity index (χ3n) is 11.9. The van der Waals surface area contributed by atoms with Gasteiger partial charge in [0.15, 0.2) is 0 Å². The summed E-state index contributed by atoms with van der Waals surface area (Å²) in [7, 11) is 0. The maximum Gasteiger partial charge on any atom is 0.143 e. The first-order valence-electron chi connectivity index (χ1n) is 21.2. The van der Waals surface area contributed by atoms with Gasteiger partial charge in [0.25, 0.3) is 0 Å². The van der Waals surface area contributed by atoms with E-state index < -0.39 is 0 Å². The average Bonchev–Trinajstić information content (AvgIpc) is 3.74. The minimum Gasteiger partial charge on any atom is -0.455 e. The first-order chi connectivity index (χ1) is 30.7. The van der Waals surface area contributed by atoms with Crippen LogP contribution < -0.4 is 4.90 Å². The molecule has 0 unspecified atom stereocenters. The molecule has 0 amide bonds. The molecule has 2 nitrogen and oxygen atoms in total. The number of hydrogen-bond donors (Lipinski definition) is 0. The lowest BCUT2D eigenvalue weighted by molar-refractivity contribution is 0.670. The van der Waals surface area contributed by atoms with Gasteiger partial charge in [-0.05, 0) is 110 Å². The summed E-state index contributed by atoms with van der Waals surface area (Å²) in [6.07, 6.45) is 0. The van der Waals surface area contributed by atoms with Crippen LogP contribution in [0.3, 0.4) is 0 Å². The molecular formula is C60H41NO. The molecule has 0 N–H and O–H groups in total. The Hall–Kier alpha value is -8.20. The van der Waals surface area contributed by atoms with Gasteiger partial charge >= 0.3 is 0 Å². The number of hydrogen-bond acceptors (Lipinski definition) is 2. The highest BCUT2D eigenvalue weighted by Crippen LogP contribution is 2.41. The highest BCUT2D eigenvalue weighted by molar-refractivity contribution is 6.09. The van der Waals surface area contributed by atoms with Gasteiger partial charge in [0.1, 0.15) is 11.2 Å². The van der Waals surface area contributed by atoms with E-state index in [9.17, 15) is 0 Å². The molecule has 0 radical (unpaired) electrons. The molecule has 0 saturated heterocycles. The summed E-state index contributed by atoms with van der Waals surface area (Å²) in [6, 6.07) is 88.9. The fraction of sp³-hybridized carbons (Fsp3) is 0. The predicted molar refractivity (Wildman–Crippen MR) is 261 cm³/mol. The lowest BCUT2D eigenvalue weighted by atomic mass is 9.94. The Morgan fingerprint density at radius 3 is 1.15 bits per heavy atom. The molecule has 0 spiro atoms. The summed E-state index contributed by atoms with van der Waals surface area (Å²) in [5.74, 6) is 0. The van der Waals surface area contributed by atoms with Crippen LogP contribution in [0.15, 0.2) is 253 Å². The SMILES string of the molecule is c1ccc(-c2ccccc2-c2ccc(N(c3ccc(-c4cccc(-c5cccc6c5oc5ccccc56)c4)cc3)c3ccc(-c4ccccc4-c4ccccc4)cc3)cc2)cc1. The molecule has 1 aromatic heterocycles. The fourth-order valence-electron chi connectivity index (χ4n) is 8.88. The molecule has 0 aliphatic heterocycles. The van der Waals surface area contributed by atoms with E-state index in [2.05, 4.69) is 241 Å². The van der Waals surface area contributed by atoms with E-state index in [4.69, 9.17) is 4.42 Å². The zero-order valence-electron chi connectivity index (χ0n) is 34.0. The molecule has 0 aliphatic rings. The van der Waals surface area contributed by atoms with Crippen LogP contribution in [0.2, 0.25) is 0 Å². The van der Waals surface area contributed by atoms with Crippen molar-refractivity contribution < 1.29 is 4.42 Å². The molecule has 1 heterocycles. The Balaban J connectivity index is 0.964. The van der Waals surface area contributed by atoms with Gasteiger partial charge in [0.2, 0.25) is 0 Å². The Labute approximate surface area is 362 Å². The second-order valence-corrected chi connectivity index (χ2v) is 15.7. The van der Waals surface area contributed by atoms with E-state index in [0.717, 1.165) is 61.3 Å². The predicted octanol–water partition coefficient (Wildman–Crippen LogP) is 17.1. The van der Waals surface area contributed by atoms with Crippen molar-refractivity contribution in [3.63, 3.8) is 0 Å². The third-order valence-corrected chi connectivity index (χ3v) is 11.9. The first kappa shape index (κ1) is 36.8. The molecule has 0 fully saturated rings. The highest BCUT2D eigenvalue weighted by Gasteiger charge is 2.17. The zero-order valence-corrected chi connectivity index (χ0v) is 34.0. The van der Waals surface area contributed by atoms with Crippen molar-refractivity contribution in [1.29, 1.82) is 0 Å². The van der Waals surface area contributed by atoms with Crippen molar-refractivity contribution >= 4 is 39.0 Å². The number of benzene rings is 10. The fourth-order valence-corrected chi connectivity index (χ4v) is 8.88. The second kappa shape index (κ2) is 16.1. The molecule has 292 valence electrons. The summed E-state index contributed by atoms with van der Waals surface area (Å²) in [5, 5.41) is 2.27. The largest absolute Gasteiger partial charge is 0.455 e. The van der Waals surface area contributed by atoms with Crippen LogP contribution in [0.1, 0.15) is 0 Å². The molecular weight excluding hydrogens is 751 g/mol. The molecule has 2 heteroatoms. The van der Waals surface area contributed by atoms with Crippen LogP contribution in [0, 0.1) is 0 Å². The molecule has 0 atom stereocenters. The minimum atomic E-state index is 0.907. The van der Waals surface area contributed by atoms with Crippen LogP contribution in [0.5, 0.6) is 0 Å². The van der Waals surface area contributed by atoms with E-state index in [1.54, 1.807) is 0 Å². The molecule has 10 aromatic carbocycles. The van der Waals surface area contributed by atoms with E-state index in [1.165, 1.54) is 44.5 Å². The number of rotatable bonds is 9. The zero-order chi connectivity index (χ0) is 41.2. The van der Waals surface area contributed by atoms with E-state index in [-0.39, 0.29) is 0 Å². The molecule has 11 aromatic rings. The van der Waals surface area contributed by atoms with Gasteiger partial charge in [-0.1, -0.05) is 200 Å². The Morgan fingerprint density at radius 2 is 0.613 bits per heavy atom. The van der Waals surface area contributed by atoms with Gasteiger partial charge < -0.3 is 9.32 Å². The normalized spacial score (nSPS) is 11.2. The maximum atomic E-state index is 6.42. The van der Waals surface area contributed by atoms with Crippen LogP contribution >= 0.6 is 0 Å². The van der Waals surface area contributed by atoms with E-state index in [1.807, 2.05) is 12.1 Å². The number of nitrogens with zero attached hydrogens (tertiary/aromatic N) is 1. The Kier molecular flexibility index (Phi) is 9.57. The second-order valence-electron chi connectivity index (χ2n) is 15.7. The molecule has 11 rings (SSSR count). The van der Waals surface area contributed by atoms with Crippen molar-refractivity contribution in [3.8, 4) is 66.8 Å². The van der Waals surface area contributed by atoms with Crippen molar-refractivity contribution in [2.75, 3.05) is 4.90 Å². The third kappa shape index (κ3) is 6.94.